The van der Waals surface area contributed by atoms with E-state index in [1.54, 1.807) is 0 Å². The average Bonchev–Trinajstić information content (AvgIpc) is 2.55. The summed E-state index contributed by atoms with van der Waals surface area (Å²) in [6.45, 7) is 4.43. The summed E-state index contributed by atoms with van der Waals surface area (Å²) >= 11 is 0. The first-order valence-corrected chi connectivity index (χ1v) is 8.06. The van der Waals surface area contributed by atoms with Crippen molar-refractivity contribution in [2.24, 2.45) is 0 Å². The van der Waals surface area contributed by atoms with Crippen LogP contribution >= 0.6 is 0 Å². The first kappa shape index (κ1) is 18.8. The maximum absolute atomic E-state index is 12.6. The number of alkyl halides is 3. The number of halogens is 3. The van der Waals surface area contributed by atoms with Crippen LogP contribution in [0.15, 0.2) is 48.5 Å². The summed E-state index contributed by atoms with van der Waals surface area (Å²) in [5.74, 6) is 0.221. The number of hydrogen-bond acceptors (Lipinski definition) is 2. The number of carbonyl (C=O) groups excluding carboxylic acids is 1. The topological polar surface area (TPSA) is 41.1 Å². The quantitative estimate of drug-likeness (QED) is 0.745. The van der Waals surface area contributed by atoms with Gasteiger partial charge < -0.3 is 10.6 Å². The number of amides is 1. The molecule has 2 rings (SSSR count). The fraction of sp³-hybridized carbons (Fsp3) is 0.316. The smallest absolute Gasteiger partial charge is 0.385 e. The lowest BCUT2D eigenvalue weighted by atomic mass is 10.0. The van der Waals surface area contributed by atoms with E-state index < -0.39 is 11.7 Å². The minimum absolute atomic E-state index is 0.155. The van der Waals surface area contributed by atoms with Crippen LogP contribution in [0.3, 0.4) is 0 Å². The highest BCUT2D eigenvalue weighted by Crippen LogP contribution is 2.30. The molecule has 25 heavy (non-hydrogen) atoms. The summed E-state index contributed by atoms with van der Waals surface area (Å²) in [6.07, 6.45) is -4.22. The van der Waals surface area contributed by atoms with Crippen molar-refractivity contribution < 1.29 is 18.0 Å². The van der Waals surface area contributed by atoms with Crippen LogP contribution in [0.25, 0.3) is 0 Å². The highest BCUT2D eigenvalue weighted by atomic mass is 19.4. The number of rotatable bonds is 6. The molecule has 2 N–H and O–H groups in total. The second kappa shape index (κ2) is 8.05. The van der Waals surface area contributed by atoms with E-state index in [9.17, 15) is 18.0 Å². The standard InChI is InChI=1S/C19H21F3N2O/c1-13(2)14-6-8-16(9-7-14)24-18(25)10-11-23-17-5-3-4-15(12-17)19(20,21)22/h3-9,12-13,23H,10-11H2,1-2H3,(H,24,25). The molecule has 3 nitrogen and oxygen atoms in total. The lowest BCUT2D eigenvalue weighted by Crippen LogP contribution is -2.16. The molecule has 0 spiro atoms. The Morgan fingerprint density at radius 1 is 1.04 bits per heavy atom. The molecule has 0 aliphatic carbocycles. The second-order valence-electron chi connectivity index (χ2n) is 6.08. The number of benzene rings is 2. The fourth-order valence-electron chi connectivity index (χ4n) is 2.30. The maximum atomic E-state index is 12.6. The van der Waals surface area contributed by atoms with Crippen LogP contribution in [0.2, 0.25) is 0 Å². The molecule has 0 aliphatic heterocycles. The van der Waals surface area contributed by atoms with Gasteiger partial charge in [0, 0.05) is 24.3 Å². The molecule has 0 radical (unpaired) electrons. The zero-order valence-corrected chi connectivity index (χ0v) is 14.2. The summed E-state index contributed by atoms with van der Waals surface area (Å²) in [5, 5.41) is 5.61. The van der Waals surface area contributed by atoms with E-state index in [1.165, 1.54) is 17.7 Å². The van der Waals surface area contributed by atoms with E-state index in [0.717, 1.165) is 12.1 Å². The van der Waals surface area contributed by atoms with Crippen molar-refractivity contribution in [2.45, 2.75) is 32.4 Å². The predicted molar refractivity (Wildman–Crippen MR) is 93.7 cm³/mol. The van der Waals surface area contributed by atoms with Crippen LogP contribution in [0.4, 0.5) is 24.5 Å². The molecular formula is C19H21F3N2O. The third kappa shape index (κ3) is 5.81. The zero-order valence-electron chi connectivity index (χ0n) is 14.2. The Morgan fingerprint density at radius 3 is 2.32 bits per heavy atom. The van der Waals surface area contributed by atoms with Gasteiger partial charge in [0.1, 0.15) is 0 Å². The van der Waals surface area contributed by atoms with E-state index in [0.29, 0.717) is 17.3 Å². The van der Waals surface area contributed by atoms with E-state index in [4.69, 9.17) is 0 Å². The molecule has 1 amide bonds. The number of hydrogen-bond donors (Lipinski definition) is 2. The van der Waals surface area contributed by atoms with Gasteiger partial charge >= 0.3 is 6.18 Å². The molecule has 134 valence electrons. The molecule has 6 heteroatoms. The average molecular weight is 350 g/mol. The molecule has 0 aromatic heterocycles. The van der Waals surface area contributed by atoms with Gasteiger partial charge in [0.2, 0.25) is 5.91 Å². The zero-order chi connectivity index (χ0) is 18.4. The first-order chi connectivity index (χ1) is 11.8. The van der Waals surface area contributed by atoms with Gasteiger partial charge in [-0.3, -0.25) is 4.79 Å². The summed E-state index contributed by atoms with van der Waals surface area (Å²) < 4.78 is 37.9. The fourth-order valence-corrected chi connectivity index (χ4v) is 2.30. The monoisotopic (exact) mass is 350 g/mol. The minimum atomic E-state index is -4.38. The van der Waals surface area contributed by atoms with Gasteiger partial charge in [-0.15, -0.1) is 0 Å². The number of nitrogens with one attached hydrogen (secondary N) is 2. The molecule has 2 aromatic rings. The van der Waals surface area contributed by atoms with Crippen LogP contribution < -0.4 is 10.6 Å². The molecule has 0 atom stereocenters. The van der Waals surface area contributed by atoms with Crippen molar-refractivity contribution in [2.75, 3.05) is 17.2 Å². The largest absolute Gasteiger partial charge is 0.416 e. The first-order valence-electron chi connectivity index (χ1n) is 8.06. The van der Waals surface area contributed by atoms with E-state index >= 15 is 0 Å². The van der Waals surface area contributed by atoms with Gasteiger partial charge in [-0.05, 0) is 41.8 Å². The van der Waals surface area contributed by atoms with Crippen molar-refractivity contribution in [3.05, 3.63) is 59.7 Å². The summed E-state index contributed by atoms with van der Waals surface area (Å²) in [5.41, 5.74) is 1.51. The van der Waals surface area contributed by atoms with E-state index in [1.807, 2.05) is 24.3 Å². The molecule has 0 fully saturated rings. The molecule has 0 unspecified atom stereocenters. The Hall–Kier alpha value is -2.50. The third-order valence-corrected chi connectivity index (χ3v) is 3.73. The number of anilines is 2. The van der Waals surface area contributed by atoms with Gasteiger partial charge in [0.15, 0.2) is 0 Å². The van der Waals surface area contributed by atoms with Crippen LogP contribution in [-0.2, 0) is 11.0 Å². The molecule has 2 aromatic carbocycles. The Bertz CT molecular complexity index is 709. The van der Waals surface area contributed by atoms with E-state index in [2.05, 4.69) is 24.5 Å². The lowest BCUT2D eigenvalue weighted by Gasteiger charge is -2.11. The SMILES string of the molecule is CC(C)c1ccc(NC(=O)CCNc2cccc(C(F)(F)F)c2)cc1. The van der Waals surface area contributed by atoms with Crippen molar-refractivity contribution in [3.63, 3.8) is 0 Å². The molecule has 0 aliphatic rings. The van der Waals surface area contributed by atoms with Crippen LogP contribution in [-0.4, -0.2) is 12.5 Å². The predicted octanol–water partition coefficient (Wildman–Crippen LogP) is 5.27. The maximum Gasteiger partial charge on any atom is 0.416 e. The Kier molecular flexibility index (Phi) is 6.07. The molecule has 0 bridgehead atoms. The van der Waals surface area contributed by atoms with Crippen LogP contribution in [0.1, 0.15) is 37.3 Å². The molecule has 0 heterocycles. The van der Waals surface area contributed by atoms with E-state index in [-0.39, 0.29) is 18.9 Å². The second-order valence-corrected chi connectivity index (χ2v) is 6.08. The summed E-state index contributed by atoms with van der Waals surface area (Å²) in [6, 6.07) is 12.5. The highest BCUT2D eigenvalue weighted by Gasteiger charge is 2.30. The van der Waals surface area contributed by atoms with Crippen molar-refractivity contribution in [1.82, 2.24) is 0 Å². The van der Waals surface area contributed by atoms with Gasteiger partial charge in [-0.2, -0.15) is 13.2 Å². The molecule has 0 saturated carbocycles. The van der Waals surface area contributed by atoms with Crippen LogP contribution in [0, 0.1) is 0 Å². The minimum Gasteiger partial charge on any atom is -0.385 e. The lowest BCUT2D eigenvalue weighted by molar-refractivity contribution is -0.137. The van der Waals surface area contributed by atoms with Crippen molar-refractivity contribution >= 4 is 17.3 Å². The van der Waals surface area contributed by atoms with Gasteiger partial charge in [0.05, 0.1) is 5.56 Å². The number of carbonyl (C=O) groups is 1. The third-order valence-electron chi connectivity index (χ3n) is 3.73. The van der Waals surface area contributed by atoms with Gasteiger partial charge in [-0.25, -0.2) is 0 Å². The Balaban J connectivity index is 1.82. The normalized spacial score (nSPS) is 11.4. The van der Waals surface area contributed by atoms with Gasteiger partial charge in [0.25, 0.3) is 0 Å². The van der Waals surface area contributed by atoms with Crippen molar-refractivity contribution in [1.29, 1.82) is 0 Å². The Labute approximate surface area is 145 Å². The molecular weight excluding hydrogens is 329 g/mol. The molecule has 0 saturated heterocycles. The van der Waals surface area contributed by atoms with Crippen LogP contribution in [0.5, 0.6) is 0 Å². The highest BCUT2D eigenvalue weighted by molar-refractivity contribution is 5.91. The summed E-state index contributed by atoms with van der Waals surface area (Å²) in [7, 11) is 0. The van der Waals surface area contributed by atoms with Crippen molar-refractivity contribution in [3.8, 4) is 0 Å². The Morgan fingerprint density at radius 2 is 1.72 bits per heavy atom. The summed E-state index contributed by atoms with van der Waals surface area (Å²) in [4.78, 5) is 11.9. The van der Waals surface area contributed by atoms with Gasteiger partial charge in [-0.1, -0.05) is 32.0 Å².